The lowest BCUT2D eigenvalue weighted by Gasteiger charge is -2.14. The number of fused-ring (bicyclic) bond motifs is 1. The van der Waals surface area contributed by atoms with Crippen molar-refractivity contribution in [2.75, 3.05) is 19.8 Å². The van der Waals surface area contributed by atoms with Crippen molar-refractivity contribution in [3.63, 3.8) is 0 Å². The highest BCUT2D eigenvalue weighted by atomic mass is 16.6. The molecule has 0 bridgehead atoms. The minimum atomic E-state index is -0.478. The number of unbranched alkanes of at least 4 members (excludes halogenated alkanes) is 1. The number of hydrogen-bond donors (Lipinski definition) is 0. The Balaban J connectivity index is 1.87. The van der Waals surface area contributed by atoms with E-state index in [0.717, 1.165) is 12.8 Å². The van der Waals surface area contributed by atoms with Gasteiger partial charge in [0.15, 0.2) is 0 Å². The van der Waals surface area contributed by atoms with E-state index < -0.39 is 4.92 Å². The highest BCUT2D eigenvalue weighted by molar-refractivity contribution is 5.77. The first kappa shape index (κ1) is 20.6. The van der Waals surface area contributed by atoms with Crippen LogP contribution in [-0.2, 0) is 16.1 Å². The lowest BCUT2D eigenvalue weighted by molar-refractivity contribution is -0.384. The molecule has 0 aliphatic rings. The number of nitro benzene ring substituents is 1. The molecule has 8 nitrogen and oxygen atoms in total. The first-order chi connectivity index (χ1) is 14.1. The Hall–Kier alpha value is -3.10. The molecule has 3 rings (SSSR count). The largest absolute Gasteiger partial charge is 0.379 e. The minimum absolute atomic E-state index is 0.0439. The van der Waals surface area contributed by atoms with Crippen molar-refractivity contribution in [3.8, 4) is 5.69 Å². The molecule has 0 N–H and O–H groups in total. The topological polar surface area (TPSA) is 96.5 Å². The van der Waals surface area contributed by atoms with Crippen LogP contribution in [-0.4, -0.2) is 34.3 Å². The number of non-ortho nitro benzene ring substituents is 1. The SMILES string of the molecule is CCCCOCCOCc1nc2ccccc2c(=O)n1-c1ccc([N+](=O)[O-])cc1. The number of aromatic nitrogens is 2. The maximum atomic E-state index is 13.1. The summed E-state index contributed by atoms with van der Waals surface area (Å²) < 4.78 is 12.6. The van der Waals surface area contributed by atoms with Gasteiger partial charge in [-0.05, 0) is 30.7 Å². The molecule has 0 fully saturated rings. The average molecular weight is 397 g/mol. The van der Waals surface area contributed by atoms with Crippen LogP contribution in [0.5, 0.6) is 0 Å². The highest BCUT2D eigenvalue weighted by Gasteiger charge is 2.14. The number of benzene rings is 2. The molecule has 0 saturated heterocycles. The zero-order valence-corrected chi connectivity index (χ0v) is 16.2. The van der Waals surface area contributed by atoms with Gasteiger partial charge in [-0.2, -0.15) is 0 Å². The van der Waals surface area contributed by atoms with E-state index >= 15 is 0 Å². The summed E-state index contributed by atoms with van der Waals surface area (Å²) in [6.45, 7) is 3.76. The lowest BCUT2D eigenvalue weighted by atomic mass is 10.2. The third kappa shape index (κ3) is 5.04. The van der Waals surface area contributed by atoms with Gasteiger partial charge in [0, 0.05) is 18.7 Å². The van der Waals surface area contributed by atoms with E-state index in [-0.39, 0.29) is 17.9 Å². The van der Waals surface area contributed by atoms with E-state index in [1.165, 1.54) is 28.8 Å². The quantitative estimate of drug-likeness (QED) is 0.294. The van der Waals surface area contributed by atoms with E-state index in [1.807, 2.05) is 6.07 Å². The predicted molar refractivity (Wildman–Crippen MR) is 109 cm³/mol. The fourth-order valence-electron chi connectivity index (χ4n) is 2.89. The van der Waals surface area contributed by atoms with Crippen molar-refractivity contribution in [2.45, 2.75) is 26.4 Å². The molecule has 0 aliphatic carbocycles. The number of nitrogens with zero attached hydrogens (tertiary/aromatic N) is 3. The molecule has 2 aromatic carbocycles. The standard InChI is InChI=1S/C21H23N3O5/c1-2-3-12-28-13-14-29-15-20-22-19-7-5-4-6-18(19)21(25)23(20)16-8-10-17(11-9-16)24(26)27/h4-11H,2-3,12-15H2,1H3. The Morgan fingerprint density at radius 3 is 2.48 bits per heavy atom. The van der Waals surface area contributed by atoms with Crippen molar-refractivity contribution in [2.24, 2.45) is 0 Å². The highest BCUT2D eigenvalue weighted by Crippen LogP contribution is 2.17. The molecule has 152 valence electrons. The molecule has 0 amide bonds. The summed E-state index contributed by atoms with van der Waals surface area (Å²) in [4.78, 5) is 28.1. The van der Waals surface area contributed by atoms with Crippen LogP contribution in [0.15, 0.2) is 53.3 Å². The van der Waals surface area contributed by atoms with E-state index in [0.29, 0.717) is 42.2 Å². The number of para-hydroxylation sites is 1. The Morgan fingerprint density at radius 1 is 1.03 bits per heavy atom. The van der Waals surface area contributed by atoms with Crippen LogP contribution >= 0.6 is 0 Å². The number of ether oxygens (including phenoxy) is 2. The molecular formula is C21H23N3O5. The third-order valence-electron chi connectivity index (χ3n) is 4.41. The van der Waals surface area contributed by atoms with Gasteiger partial charge in [0.2, 0.25) is 0 Å². The second kappa shape index (κ2) is 9.90. The normalized spacial score (nSPS) is 11.1. The van der Waals surface area contributed by atoms with Crippen LogP contribution in [0.25, 0.3) is 16.6 Å². The summed E-state index contributed by atoms with van der Waals surface area (Å²) in [7, 11) is 0. The van der Waals surface area contributed by atoms with Crippen LogP contribution < -0.4 is 5.56 Å². The van der Waals surface area contributed by atoms with E-state index in [9.17, 15) is 14.9 Å². The Bertz CT molecular complexity index is 1030. The van der Waals surface area contributed by atoms with Crippen molar-refractivity contribution in [1.29, 1.82) is 0 Å². The second-order valence-electron chi connectivity index (χ2n) is 6.48. The number of hydrogen-bond acceptors (Lipinski definition) is 6. The van der Waals surface area contributed by atoms with Crippen molar-refractivity contribution >= 4 is 16.6 Å². The Labute approximate surface area is 167 Å². The average Bonchev–Trinajstić information content (AvgIpc) is 2.73. The molecular weight excluding hydrogens is 374 g/mol. The van der Waals surface area contributed by atoms with Gasteiger partial charge in [-0.15, -0.1) is 0 Å². The van der Waals surface area contributed by atoms with Crippen LogP contribution in [0.4, 0.5) is 5.69 Å². The minimum Gasteiger partial charge on any atom is -0.379 e. The molecule has 0 saturated carbocycles. The molecule has 0 atom stereocenters. The van der Waals surface area contributed by atoms with Gasteiger partial charge < -0.3 is 9.47 Å². The smallest absolute Gasteiger partial charge is 0.269 e. The first-order valence-corrected chi connectivity index (χ1v) is 9.52. The van der Waals surface area contributed by atoms with Gasteiger partial charge in [-0.25, -0.2) is 4.98 Å². The molecule has 0 aliphatic heterocycles. The van der Waals surface area contributed by atoms with Crippen molar-refractivity contribution in [3.05, 3.63) is 74.8 Å². The van der Waals surface area contributed by atoms with Crippen LogP contribution in [0, 0.1) is 10.1 Å². The lowest BCUT2D eigenvalue weighted by Crippen LogP contribution is -2.24. The summed E-state index contributed by atoms with van der Waals surface area (Å²) in [5, 5.41) is 11.4. The number of nitro groups is 1. The van der Waals surface area contributed by atoms with Gasteiger partial charge in [-0.3, -0.25) is 19.5 Å². The first-order valence-electron chi connectivity index (χ1n) is 9.52. The summed E-state index contributed by atoms with van der Waals surface area (Å²) in [5.41, 5.74) is 0.782. The molecule has 29 heavy (non-hydrogen) atoms. The van der Waals surface area contributed by atoms with E-state index in [2.05, 4.69) is 11.9 Å². The maximum absolute atomic E-state index is 13.1. The molecule has 3 aromatic rings. The monoisotopic (exact) mass is 397 g/mol. The molecule has 8 heteroatoms. The van der Waals surface area contributed by atoms with Crippen LogP contribution in [0.1, 0.15) is 25.6 Å². The van der Waals surface area contributed by atoms with E-state index in [1.54, 1.807) is 18.2 Å². The molecule has 0 unspecified atom stereocenters. The van der Waals surface area contributed by atoms with Gasteiger partial charge in [-0.1, -0.05) is 25.5 Å². The summed E-state index contributed by atoms with van der Waals surface area (Å²) in [6, 6.07) is 12.9. The molecule has 1 heterocycles. The maximum Gasteiger partial charge on any atom is 0.269 e. The van der Waals surface area contributed by atoms with Crippen molar-refractivity contribution < 1.29 is 14.4 Å². The summed E-state index contributed by atoms with van der Waals surface area (Å²) in [6.07, 6.45) is 2.08. The Kier molecular flexibility index (Phi) is 7.04. The number of rotatable bonds is 10. The van der Waals surface area contributed by atoms with Crippen molar-refractivity contribution in [1.82, 2.24) is 9.55 Å². The zero-order chi connectivity index (χ0) is 20.6. The summed E-state index contributed by atoms with van der Waals surface area (Å²) >= 11 is 0. The zero-order valence-electron chi connectivity index (χ0n) is 16.2. The molecule has 0 spiro atoms. The third-order valence-corrected chi connectivity index (χ3v) is 4.41. The van der Waals surface area contributed by atoms with Gasteiger partial charge >= 0.3 is 0 Å². The van der Waals surface area contributed by atoms with Gasteiger partial charge in [0.25, 0.3) is 11.2 Å². The van der Waals surface area contributed by atoms with Crippen LogP contribution in [0.3, 0.4) is 0 Å². The van der Waals surface area contributed by atoms with Gasteiger partial charge in [0.05, 0.1) is 34.7 Å². The predicted octanol–water partition coefficient (Wildman–Crippen LogP) is 3.63. The summed E-state index contributed by atoms with van der Waals surface area (Å²) in [5.74, 6) is 0.427. The Morgan fingerprint density at radius 2 is 1.76 bits per heavy atom. The van der Waals surface area contributed by atoms with Gasteiger partial charge in [0.1, 0.15) is 12.4 Å². The van der Waals surface area contributed by atoms with Crippen LogP contribution in [0.2, 0.25) is 0 Å². The fourth-order valence-corrected chi connectivity index (χ4v) is 2.89. The molecule has 1 aromatic heterocycles. The fraction of sp³-hybridized carbons (Fsp3) is 0.333. The van der Waals surface area contributed by atoms with E-state index in [4.69, 9.17) is 9.47 Å². The second-order valence-corrected chi connectivity index (χ2v) is 6.48. The molecule has 0 radical (unpaired) electrons.